The lowest BCUT2D eigenvalue weighted by Crippen LogP contribution is -2.20. The highest BCUT2D eigenvalue weighted by atomic mass is 127. The molecule has 1 aromatic rings. The van der Waals surface area contributed by atoms with Crippen LogP contribution in [-0.2, 0) is 10.0 Å². The zero-order valence-electron chi connectivity index (χ0n) is 8.58. The quantitative estimate of drug-likeness (QED) is 0.822. The lowest BCUT2D eigenvalue weighted by atomic mass is 10.4. The van der Waals surface area contributed by atoms with E-state index >= 15 is 0 Å². The van der Waals surface area contributed by atoms with E-state index in [2.05, 4.69) is 4.98 Å². The predicted molar refractivity (Wildman–Crippen MR) is 67.0 cm³/mol. The lowest BCUT2D eigenvalue weighted by molar-refractivity contribution is 0.562. The van der Waals surface area contributed by atoms with Gasteiger partial charge in [0, 0.05) is 0 Å². The van der Waals surface area contributed by atoms with Crippen LogP contribution in [0.4, 0.5) is 14.6 Å². The summed E-state index contributed by atoms with van der Waals surface area (Å²) in [7, 11) is -3.60. The van der Waals surface area contributed by atoms with Crippen LogP contribution >= 0.6 is 22.6 Å². The van der Waals surface area contributed by atoms with Crippen molar-refractivity contribution < 1.29 is 17.2 Å². The van der Waals surface area contributed by atoms with Gasteiger partial charge in [0.15, 0.2) is 17.5 Å². The third-order valence-electron chi connectivity index (χ3n) is 2.32. The highest BCUT2D eigenvalue weighted by molar-refractivity contribution is 14.1. The molecule has 0 radical (unpaired) electrons. The Morgan fingerprint density at radius 3 is 2.71 bits per heavy atom. The van der Waals surface area contributed by atoms with E-state index in [9.17, 15) is 17.2 Å². The summed E-state index contributed by atoms with van der Waals surface area (Å²) in [5.41, 5.74) is 0. The zero-order chi connectivity index (χ0) is 12.6. The molecule has 0 amide bonds. The summed E-state index contributed by atoms with van der Waals surface area (Å²) < 4.78 is 51.4. The van der Waals surface area contributed by atoms with Crippen molar-refractivity contribution in [3.8, 4) is 0 Å². The average molecular weight is 374 g/mol. The number of hydrogen-bond donors (Lipinski definition) is 1. The molecule has 0 saturated heterocycles. The van der Waals surface area contributed by atoms with E-state index in [1.54, 1.807) is 0 Å². The summed E-state index contributed by atoms with van der Waals surface area (Å²) in [4.78, 5) is 3.41. The average Bonchev–Trinajstić information content (AvgIpc) is 3.02. The predicted octanol–water partition coefficient (Wildman–Crippen LogP) is 2.12. The monoisotopic (exact) mass is 374 g/mol. The highest BCUT2D eigenvalue weighted by Gasteiger charge is 2.29. The van der Waals surface area contributed by atoms with E-state index in [4.69, 9.17) is 0 Å². The van der Waals surface area contributed by atoms with Crippen molar-refractivity contribution in [2.45, 2.75) is 12.8 Å². The van der Waals surface area contributed by atoms with E-state index < -0.39 is 27.5 Å². The second-order valence-corrected chi connectivity index (χ2v) is 6.76. The number of nitrogens with zero attached hydrogens (tertiary/aromatic N) is 1. The van der Waals surface area contributed by atoms with Gasteiger partial charge in [-0.25, -0.2) is 22.2 Å². The van der Waals surface area contributed by atoms with E-state index in [0.29, 0.717) is 0 Å². The van der Waals surface area contributed by atoms with Gasteiger partial charge in [0.1, 0.15) is 0 Å². The van der Waals surface area contributed by atoms with Crippen molar-refractivity contribution in [3.63, 3.8) is 0 Å². The highest BCUT2D eigenvalue weighted by Crippen LogP contribution is 2.31. The van der Waals surface area contributed by atoms with Crippen molar-refractivity contribution in [3.05, 3.63) is 21.4 Å². The number of sulfonamides is 1. The van der Waals surface area contributed by atoms with Crippen LogP contribution in [0.1, 0.15) is 12.8 Å². The minimum Gasteiger partial charge on any atom is -0.265 e. The van der Waals surface area contributed by atoms with Gasteiger partial charge in [-0.3, -0.25) is 4.72 Å². The van der Waals surface area contributed by atoms with Gasteiger partial charge in [0.2, 0.25) is 10.0 Å². The van der Waals surface area contributed by atoms with E-state index in [1.165, 1.54) is 22.6 Å². The molecule has 1 saturated carbocycles. The molecule has 0 aliphatic heterocycles. The number of pyridine rings is 1. The molecule has 8 heteroatoms. The fourth-order valence-electron chi connectivity index (χ4n) is 1.30. The fourth-order valence-corrected chi connectivity index (χ4v) is 3.17. The Balaban J connectivity index is 2.20. The maximum atomic E-state index is 13.5. The van der Waals surface area contributed by atoms with Gasteiger partial charge >= 0.3 is 0 Å². The summed E-state index contributed by atoms with van der Waals surface area (Å²) in [5, 5.41) is 0. The van der Waals surface area contributed by atoms with Crippen molar-refractivity contribution in [1.82, 2.24) is 4.98 Å². The van der Waals surface area contributed by atoms with Crippen LogP contribution in [0.5, 0.6) is 0 Å². The molecule has 0 aromatic carbocycles. The molecule has 1 aromatic heterocycles. The molecule has 0 unspecified atom stereocenters. The smallest absolute Gasteiger partial charge is 0.234 e. The molecule has 1 aliphatic rings. The van der Waals surface area contributed by atoms with Crippen LogP contribution in [0.2, 0.25) is 0 Å². The molecule has 0 bridgehead atoms. The molecule has 1 fully saturated rings. The molecular formula is C9H9F2IN2O2S. The molecule has 94 valence electrons. The number of aromatic nitrogens is 1. The Bertz CT molecular complexity index is 546. The Morgan fingerprint density at radius 1 is 1.47 bits per heavy atom. The van der Waals surface area contributed by atoms with Gasteiger partial charge in [-0.15, -0.1) is 0 Å². The first-order valence-electron chi connectivity index (χ1n) is 4.89. The SMILES string of the molecule is O=S(=O)(CC1CC1)Nc1ncc(F)c(I)c1F. The molecule has 1 N–H and O–H groups in total. The summed E-state index contributed by atoms with van der Waals surface area (Å²) in [6.07, 6.45) is 2.54. The van der Waals surface area contributed by atoms with Gasteiger partial charge in [-0.2, -0.15) is 0 Å². The molecule has 1 heterocycles. The van der Waals surface area contributed by atoms with Crippen LogP contribution in [0.3, 0.4) is 0 Å². The third-order valence-corrected chi connectivity index (χ3v) is 4.72. The molecule has 1 aliphatic carbocycles. The van der Waals surface area contributed by atoms with E-state index in [-0.39, 0.29) is 15.2 Å². The number of hydrogen-bond acceptors (Lipinski definition) is 3. The first-order chi connectivity index (χ1) is 7.89. The second-order valence-electron chi connectivity index (χ2n) is 3.91. The summed E-state index contributed by atoms with van der Waals surface area (Å²) in [5.74, 6) is -2.13. The molecular weight excluding hydrogens is 365 g/mol. The Labute approximate surface area is 111 Å². The molecule has 2 rings (SSSR count). The summed E-state index contributed by atoms with van der Waals surface area (Å²) >= 11 is 1.46. The second kappa shape index (κ2) is 4.63. The molecule has 17 heavy (non-hydrogen) atoms. The maximum absolute atomic E-state index is 13.5. The summed E-state index contributed by atoms with van der Waals surface area (Å²) in [6.45, 7) is 0. The topological polar surface area (TPSA) is 59.1 Å². The van der Waals surface area contributed by atoms with Gasteiger partial charge in [-0.1, -0.05) is 0 Å². The molecule has 4 nitrogen and oxygen atoms in total. The van der Waals surface area contributed by atoms with Crippen molar-refractivity contribution in [2.24, 2.45) is 5.92 Å². The van der Waals surface area contributed by atoms with Gasteiger partial charge in [0.25, 0.3) is 0 Å². The number of rotatable bonds is 4. The minimum atomic E-state index is -3.60. The number of anilines is 1. The Kier molecular flexibility index (Phi) is 3.53. The van der Waals surface area contributed by atoms with Crippen molar-refractivity contribution >= 4 is 38.4 Å². The number of nitrogens with one attached hydrogen (secondary N) is 1. The largest absolute Gasteiger partial charge is 0.265 e. The first-order valence-corrected chi connectivity index (χ1v) is 7.62. The zero-order valence-corrected chi connectivity index (χ0v) is 11.6. The van der Waals surface area contributed by atoms with Crippen molar-refractivity contribution in [1.29, 1.82) is 0 Å². The van der Waals surface area contributed by atoms with Crippen LogP contribution < -0.4 is 4.72 Å². The maximum Gasteiger partial charge on any atom is 0.234 e. The normalized spacial score (nSPS) is 15.9. The standard InChI is InChI=1S/C9H9F2IN2O2S/c10-6-3-13-9(7(11)8(6)12)14-17(15,16)4-5-1-2-5/h3,5H,1-2,4H2,(H,13,14). The molecule has 0 spiro atoms. The van der Waals surface area contributed by atoms with Gasteiger partial charge < -0.3 is 0 Å². The number of halogens is 3. The van der Waals surface area contributed by atoms with Crippen molar-refractivity contribution in [2.75, 3.05) is 10.5 Å². The fraction of sp³-hybridized carbons (Fsp3) is 0.444. The van der Waals surface area contributed by atoms with Crippen LogP contribution in [0.25, 0.3) is 0 Å². The first kappa shape index (κ1) is 12.9. The van der Waals surface area contributed by atoms with Crippen LogP contribution in [0, 0.1) is 21.1 Å². The van der Waals surface area contributed by atoms with E-state index in [1.807, 2.05) is 4.72 Å². The Morgan fingerprint density at radius 2 is 2.12 bits per heavy atom. The van der Waals surface area contributed by atoms with Gasteiger partial charge in [-0.05, 0) is 41.4 Å². The Hall–Kier alpha value is -0.510. The minimum absolute atomic E-state index is 0.0396. The van der Waals surface area contributed by atoms with Crippen LogP contribution in [0.15, 0.2) is 6.20 Å². The third kappa shape index (κ3) is 3.24. The van der Waals surface area contributed by atoms with E-state index in [0.717, 1.165) is 19.0 Å². The summed E-state index contributed by atoms with van der Waals surface area (Å²) in [6, 6.07) is 0. The lowest BCUT2D eigenvalue weighted by Gasteiger charge is -2.08. The molecule has 0 atom stereocenters. The van der Waals surface area contributed by atoms with Crippen LogP contribution in [-0.4, -0.2) is 19.2 Å². The van der Waals surface area contributed by atoms with Gasteiger partial charge in [0.05, 0.1) is 15.5 Å².